The van der Waals surface area contributed by atoms with Gasteiger partial charge in [0, 0.05) is 18.0 Å². The third kappa shape index (κ3) is 2.23. The minimum atomic E-state index is -2.83. The number of halogens is 2. The predicted molar refractivity (Wildman–Crippen MR) is 56.5 cm³/mol. The molecule has 0 N–H and O–H groups in total. The lowest BCUT2D eigenvalue weighted by Crippen LogP contribution is -2.51. The zero-order valence-electron chi connectivity index (χ0n) is 9.70. The van der Waals surface area contributed by atoms with E-state index >= 15 is 0 Å². The molecule has 1 saturated carbocycles. The summed E-state index contributed by atoms with van der Waals surface area (Å²) in [7, 11) is 0. The number of alkyl halides is 2. The van der Waals surface area contributed by atoms with Gasteiger partial charge in [-0.2, -0.15) is 4.91 Å². The van der Waals surface area contributed by atoms with E-state index in [1.165, 1.54) is 13.8 Å². The fraction of sp³-hybridized carbons (Fsp3) is 0.900. The van der Waals surface area contributed by atoms with Gasteiger partial charge in [-0.1, -0.05) is 5.18 Å². The van der Waals surface area contributed by atoms with Crippen LogP contribution in [0.2, 0.25) is 0 Å². The molecule has 1 amide bonds. The van der Waals surface area contributed by atoms with Crippen LogP contribution >= 0.6 is 0 Å². The van der Waals surface area contributed by atoms with Crippen molar-refractivity contribution in [1.82, 2.24) is 0 Å². The standard InChI is InChI=1S/C10H14F2N2O3/c1-8(2,7(15)13-16)9(14-17)3-5-10(11,12)6-4-9/h3-6H2,1-2H3. The fourth-order valence-electron chi connectivity index (χ4n) is 2.17. The van der Waals surface area contributed by atoms with Crippen molar-refractivity contribution in [2.45, 2.75) is 51.0 Å². The highest BCUT2D eigenvalue weighted by atomic mass is 19.3. The number of nitroso groups, excluding NO2 is 2. The first-order valence-electron chi connectivity index (χ1n) is 5.31. The summed E-state index contributed by atoms with van der Waals surface area (Å²) >= 11 is 0. The number of hydrogen-bond acceptors (Lipinski definition) is 4. The zero-order chi connectivity index (χ0) is 13.3. The molecule has 1 fully saturated rings. The Morgan fingerprint density at radius 2 is 1.59 bits per heavy atom. The van der Waals surface area contributed by atoms with Crippen molar-refractivity contribution in [2.75, 3.05) is 0 Å². The molecule has 0 aromatic heterocycles. The second-order valence-corrected chi connectivity index (χ2v) is 5.00. The molecule has 0 bridgehead atoms. The van der Waals surface area contributed by atoms with E-state index in [0.717, 1.165) is 0 Å². The summed E-state index contributed by atoms with van der Waals surface area (Å²) in [4.78, 5) is 32.7. The molecule has 96 valence electrons. The minimum absolute atomic E-state index is 0.211. The highest BCUT2D eigenvalue weighted by Crippen LogP contribution is 2.49. The number of amides is 1. The van der Waals surface area contributed by atoms with E-state index in [1.807, 2.05) is 0 Å². The molecule has 17 heavy (non-hydrogen) atoms. The van der Waals surface area contributed by atoms with Gasteiger partial charge in [-0.3, -0.25) is 4.79 Å². The van der Waals surface area contributed by atoms with Gasteiger partial charge in [-0.05, 0) is 26.7 Å². The van der Waals surface area contributed by atoms with E-state index in [1.54, 1.807) is 0 Å². The van der Waals surface area contributed by atoms with Gasteiger partial charge < -0.3 is 0 Å². The molecule has 0 aliphatic heterocycles. The summed E-state index contributed by atoms with van der Waals surface area (Å²) in [5.41, 5.74) is -2.90. The van der Waals surface area contributed by atoms with E-state index in [0.29, 0.717) is 0 Å². The van der Waals surface area contributed by atoms with Crippen molar-refractivity contribution in [3.8, 4) is 0 Å². The van der Waals surface area contributed by atoms with E-state index in [4.69, 9.17) is 0 Å². The van der Waals surface area contributed by atoms with Gasteiger partial charge in [-0.15, -0.1) is 4.91 Å². The van der Waals surface area contributed by atoms with Crippen LogP contribution < -0.4 is 0 Å². The van der Waals surface area contributed by atoms with Crippen molar-refractivity contribution >= 4 is 5.91 Å². The Hall–Kier alpha value is -1.27. The van der Waals surface area contributed by atoms with E-state index in [9.17, 15) is 23.4 Å². The minimum Gasteiger partial charge on any atom is -0.268 e. The summed E-state index contributed by atoms with van der Waals surface area (Å²) in [6, 6.07) is 0. The number of carbonyl (C=O) groups excluding carboxylic acids is 1. The topological polar surface area (TPSA) is 75.9 Å². The molecule has 0 spiro atoms. The van der Waals surface area contributed by atoms with Crippen LogP contribution in [0.25, 0.3) is 0 Å². The molecule has 7 heteroatoms. The summed E-state index contributed by atoms with van der Waals surface area (Å²) in [6.45, 7) is 2.70. The van der Waals surface area contributed by atoms with Crippen molar-refractivity contribution in [1.29, 1.82) is 0 Å². The molecule has 1 aliphatic carbocycles. The largest absolute Gasteiger partial charge is 0.294 e. The van der Waals surface area contributed by atoms with Crippen molar-refractivity contribution in [2.24, 2.45) is 15.8 Å². The van der Waals surface area contributed by atoms with E-state index in [2.05, 4.69) is 10.4 Å². The summed E-state index contributed by atoms with van der Waals surface area (Å²) < 4.78 is 26.1. The maximum atomic E-state index is 13.0. The molecule has 0 aromatic rings. The quantitative estimate of drug-likeness (QED) is 0.720. The van der Waals surface area contributed by atoms with Crippen molar-refractivity contribution in [3.63, 3.8) is 0 Å². The van der Waals surface area contributed by atoms with E-state index in [-0.39, 0.29) is 12.8 Å². The normalized spacial score (nSPS) is 22.8. The van der Waals surface area contributed by atoms with Crippen molar-refractivity contribution < 1.29 is 13.6 Å². The average Bonchev–Trinajstić information content (AvgIpc) is 2.28. The van der Waals surface area contributed by atoms with Crippen molar-refractivity contribution in [3.05, 3.63) is 9.81 Å². The number of nitrogens with zero attached hydrogens (tertiary/aromatic N) is 2. The molecule has 0 aromatic carbocycles. The zero-order valence-corrected chi connectivity index (χ0v) is 9.70. The van der Waals surface area contributed by atoms with Crippen LogP contribution in [-0.4, -0.2) is 17.4 Å². The lowest BCUT2D eigenvalue weighted by molar-refractivity contribution is -0.134. The number of hydrogen-bond donors (Lipinski definition) is 0. The smallest absolute Gasteiger partial charge is 0.268 e. The first-order valence-corrected chi connectivity index (χ1v) is 5.31. The molecular weight excluding hydrogens is 234 g/mol. The van der Waals surface area contributed by atoms with Crippen LogP contribution in [-0.2, 0) is 4.79 Å². The predicted octanol–water partition coefficient (Wildman–Crippen LogP) is 3.02. The molecule has 1 aliphatic rings. The maximum absolute atomic E-state index is 13.0. The van der Waals surface area contributed by atoms with Gasteiger partial charge >= 0.3 is 0 Å². The molecular formula is C10H14F2N2O3. The average molecular weight is 248 g/mol. The Morgan fingerprint density at radius 3 is 1.94 bits per heavy atom. The van der Waals surface area contributed by atoms with Crippen LogP contribution in [0.4, 0.5) is 8.78 Å². The van der Waals surface area contributed by atoms with Gasteiger partial charge in [0.2, 0.25) is 5.92 Å². The van der Waals surface area contributed by atoms with Crippen LogP contribution in [0.3, 0.4) is 0 Å². The Kier molecular flexibility index (Phi) is 3.40. The maximum Gasteiger partial charge on any atom is 0.294 e. The molecule has 0 atom stereocenters. The first kappa shape index (κ1) is 13.8. The number of carbonyl (C=O) groups is 1. The van der Waals surface area contributed by atoms with Gasteiger partial charge in [0.15, 0.2) is 0 Å². The van der Waals surface area contributed by atoms with Crippen LogP contribution in [0, 0.1) is 15.2 Å². The summed E-state index contributed by atoms with van der Waals surface area (Å²) in [5.74, 6) is -3.86. The van der Waals surface area contributed by atoms with Gasteiger partial charge in [0.05, 0.1) is 5.41 Å². The monoisotopic (exact) mass is 248 g/mol. The third-order valence-electron chi connectivity index (χ3n) is 3.76. The molecule has 0 radical (unpaired) electrons. The lowest BCUT2D eigenvalue weighted by Gasteiger charge is -2.42. The summed E-state index contributed by atoms with van der Waals surface area (Å²) in [5, 5.41) is 5.17. The SMILES string of the molecule is CC(C)(C(=O)N=O)C1(N=O)CCC(F)(F)CC1. The molecule has 0 saturated heterocycles. The number of rotatable bonds is 3. The van der Waals surface area contributed by atoms with E-state index < -0.39 is 35.6 Å². The molecule has 5 nitrogen and oxygen atoms in total. The summed E-state index contributed by atoms with van der Waals surface area (Å²) in [6.07, 6.45) is -1.43. The van der Waals surface area contributed by atoms with Gasteiger partial charge in [0.1, 0.15) is 5.54 Å². The lowest BCUT2D eigenvalue weighted by atomic mass is 9.64. The Labute approximate surface area is 96.9 Å². The molecule has 0 unspecified atom stereocenters. The molecule has 1 rings (SSSR count). The third-order valence-corrected chi connectivity index (χ3v) is 3.76. The van der Waals surface area contributed by atoms with Crippen LogP contribution in [0.5, 0.6) is 0 Å². The highest BCUT2D eigenvalue weighted by molar-refractivity contribution is 5.84. The van der Waals surface area contributed by atoms with Gasteiger partial charge in [0.25, 0.3) is 5.91 Å². The first-order chi connectivity index (χ1) is 7.71. The highest BCUT2D eigenvalue weighted by Gasteiger charge is 2.56. The Bertz CT molecular complexity index is 345. The Balaban J connectivity index is 3.03. The van der Waals surface area contributed by atoms with Crippen LogP contribution in [0.15, 0.2) is 10.4 Å². The second-order valence-electron chi connectivity index (χ2n) is 5.00. The second kappa shape index (κ2) is 4.19. The molecule has 0 heterocycles. The van der Waals surface area contributed by atoms with Gasteiger partial charge in [-0.25, -0.2) is 8.78 Å². The fourth-order valence-corrected chi connectivity index (χ4v) is 2.17. The Morgan fingerprint density at radius 1 is 1.12 bits per heavy atom. The van der Waals surface area contributed by atoms with Crippen LogP contribution in [0.1, 0.15) is 39.5 Å².